The first-order chi connectivity index (χ1) is 12.1. The summed E-state index contributed by atoms with van der Waals surface area (Å²) in [4.78, 5) is 27.4. The van der Waals surface area contributed by atoms with Crippen LogP contribution in [0.15, 0.2) is 35.7 Å². The number of carbonyl (C=O) groups is 1. The number of nitro groups is 1. The molecule has 0 aliphatic heterocycles. The third-order valence-electron chi connectivity index (χ3n) is 3.33. The number of thiophene rings is 1. The van der Waals surface area contributed by atoms with Crippen LogP contribution < -0.4 is 5.32 Å². The van der Waals surface area contributed by atoms with E-state index >= 15 is 0 Å². The summed E-state index contributed by atoms with van der Waals surface area (Å²) in [6.45, 7) is 0.316. The van der Waals surface area contributed by atoms with Gasteiger partial charge in [-0.15, -0.1) is 11.3 Å². The quantitative estimate of drug-likeness (QED) is 0.394. The zero-order valence-electron chi connectivity index (χ0n) is 13.1. The summed E-state index contributed by atoms with van der Waals surface area (Å²) in [7, 11) is 1.17. The van der Waals surface area contributed by atoms with E-state index in [0.717, 1.165) is 4.88 Å². The molecule has 0 radical (unpaired) electrons. The Balaban J connectivity index is 1.75. The maximum atomic E-state index is 11.7. The highest BCUT2D eigenvalue weighted by Crippen LogP contribution is 2.24. The fraction of sp³-hybridized carbons (Fsp3) is 0.133. The molecule has 10 heteroatoms. The van der Waals surface area contributed by atoms with Crippen molar-refractivity contribution < 1.29 is 14.5 Å². The first-order valence-electron chi connectivity index (χ1n) is 7.14. The minimum absolute atomic E-state index is 0.116. The second-order valence-corrected chi connectivity index (χ2v) is 5.86. The predicted molar refractivity (Wildman–Crippen MR) is 91.5 cm³/mol. The van der Waals surface area contributed by atoms with Gasteiger partial charge in [-0.25, -0.2) is 9.78 Å². The highest BCUT2D eigenvalue weighted by Gasteiger charge is 2.21. The second kappa shape index (κ2) is 7.09. The zero-order chi connectivity index (χ0) is 17.8. The Morgan fingerprint density at radius 1 is 1.44 bits per heavy atom. The van der Waals surface area contributed by atoms with Crippen LogP contribution in [0.25, 0.3) is 10.7 Å². The molecule has 3 rings (SSSR count). The number of ether oxygens (including phenoxy) is 1. The molecule has 0 saturated heterocycles. The minimum Gasteiger partial charge on any atom is -0.465 e. The van der Waals surface area contributed by atoms with Crippen LogP contribution in [0, 0.1) is 10.1 Å². The summed E-state index contributed by atoms with van der Waals surface area (Å²) in [5.41, 5.74) is 0.103. The molecule has 128 valence electrons. The molecule has 2 heterocycles. The minimum atomic E-state index is -0.769. The molecule has 0 amide bonds. The molecule has 3 aromatic rings. The van der Waals surface area contributed by atoms with Crippen molar-refractivity contribution in [2.45, 2.75) is 6.54 Å². The van der Waals surface area contributed by atoms with Crippen LogP contribution in [-0.4, -0.2) is 33.2 Å². The summed E-state index contributed by atoms with van der Waals surface area (Å²) >= 11 is 1.54. The van der Waals surface area contributed by atoms with Gasteiger partial charge in [0.05, 0.1) is 23.5 Å². The van der Waals surface area contributed by atoms with Gasteiger partial charge in [-0.3, -0.25) is 15.2 Å². The molecular formula is C15H13N5O4S. The number of rotatable bonds is 6. The number of nitrogens with zero attached hydrogens (tertiary/aromatic N) is 3. The number of carbonyl (C=O) groups excluding carboxylic acids is 1. The van der Waals surface area contributed by atoms with Crippen LogP contribution in [0.5, 0.6) is 0 Å². The van der Waals surface area contributed by atoms with Gasteiger partial charge in [-0.05, 0) is 23.6 Å². The van der Waals surface area contributed by atoms with Crippen molar-refractivity contribution in [1.82, 2.24) is 15.2 Å². The molecule has 1 aromatic carbocycles. The first-order valence-corrected chi connectivity index (χ1v) is 8.02. The van der Waals surface area contributed by atoms with Crippen LogP contribution in [0.3, 0.4) is 0 Å². The van der Waals surface area contributed by atoms with Crippen LogP contribution in [-0.2, 0) is 11.3 Å². The number of H-pyrrole nitrogens is 1. The van der Waals surface area contributed by atoms with Crippen molar-refractivity contribution in [3.8, 4) is 10.7 Å². The molecule has 0 aliphatic rings. The predicted octanol–water partition coefficient (Wildman–Crippen LogP) is 2.84. The zero-order valence-corrected chi connectivity index (χ0v) is 13.9. The van der Waals surface area contributed by atoms with Gasteiger partial charge in [0.25, 0.3) is 5.69 Å². The second-order valence-electron chi connectivity index (χ2n) is 4.92. The molecule has 0 aliphatic carbocycles. The molecule has 9 nitrogen and oxygen atoms in total. The van der Waals surface area contributed by atoms with E-state index in [2.05, 4.69) is 25.2 Å². The van der Waals surface area contributed by atoms with Gasteiger partial charge in [-0.1, -0.05) is 6.07 Å². The fourth-order valence-electron chi connectivity index (χ4n) is 2.15. The Labute approximate surface area is 145 Å². The normalized spacial score (nSPS) is 10.4. The molecular weight excluding hydrogens is 346 g/mol. The third kappa shape index (κ3) is 3.63. The Hall–Kier alpha value is -3.27. The number of anilines is 1. The molecule has 0 atom stereocenters. The van der Waals surface area contributed by atoms with Gasteiger partial charge >= 0.3 is 5.97 Å². The van der Waals surface area contributed by atoms with E-state index in [1.165, 1.54) is 36.6 Å². The average Bonchev–Trinajstić information content (AvgIpc) is 3.30. The smallest absolute Gasteiger partial charge is 0.344 e. The van der Waals surface area contributed by atoms with Crippen LogP contribution in [0.2, 0.25) is 0 Å². The fourth-order valence-corrected chi connectivity index (χ4v) is 2.81. The molecule has 25 heavy (non-hydrogen) atoms. The van der Waals surface area contributed by atoms with Crippen molar-refractivity contribution >= 4 is 28.7 Å². The lowest BCUT2D eigenvalue weighted by Crippen LogP contribution is -2.08. The molecule has 2 N–H and O–H groups in total. The number of nitro benzene ring substituents is 1. The van der Waals surface area contributed by atoms with E-state index in [1.807, 2.05) is 17.5 Å². The van der Waals surface area contributed by atoms with E-state index in [-0.39, 0.29) is 11.3 Å². The number of aromatic amines is 1. The molecule has 0 unspecified atom stereocenters. The lowest BCUT2D eigenvalue weighted by atomic mass is 10.1. The van der Waals surface area contributed by atoms with E-state index in [9.17, 15) is 14.9 Å². The number of benzene rings is 1. The summed E-state index contributed by atoms with van der Waals surface area (Å²) in [6, 6.07) is 7.98. The van der Waals surface area contributed by atoms with Crippen molar-refractivity contribution in [2.24, 2.45) is 0 Å². The van der Waals surface area contributed by atoms with Crippen LogP contribution in [0.4, 0.5) is 11.4 Å². The molecule has 0 bridgehead atoms. The Morgan fingerprint density at radius 3 is 2.96 bits per heavy atom. The lowest BCUT2D eigenvalue weighted by molar-refractivity contribution is -0.385. The summed E-state index contributed by atoms with van der Waals surface area (Å²) in [5.74, 6) is 0.433. The van der Waals surface area contributed by atoms with Crippen molar-refractivity contribution in [3.05, 3.63) is 57.2 Å². The van der Waals surface area contributed by atoms with Crippen molar-refractivity contribution in [1.29, 1.82) is 0 Å². The summed E-state index contributed by atoms with van der Waals surface area (Å²) in [5, 5.41) is 23.0. The number of esters is 1. The number of hydrogen-bond acceptors (Lipinski definition) is 8. The van der Waals surface area contributed by atoms with Gasteiger partial charge in [0.2, 0.25) is 0 Å². The van der Waals surface area contributed by atoms with Crippen LogP contribution >= 0.6 is 11.3 Å². The topological polar surface area (TPSA) is 123 Å². The van der Waals surface area contributed by atoms with Gasteiger partial charge in [0, 0.05) is 11.8 Å². The maximum absolute atomic E-state index is 11.7. The number of nitrogens with one attached hydrogen (secondary N) is 2. The number of methoxy groups -OCH3 is 1. The molecule has 0 fully saturated rings. The van der Waals surface area contributed by atoms with Gasteiger partial charge in [0.1, 0.15) is 11.4 Å². The molecule has 0 spiro atoms. The lowest BCUT2D eigenvalue weighted by Gasteiger charge is -2.07. The monoisotopic (exact) mass is 359 g/mol. The first kappa shape index (κ1) is 16.6. The molecule has 0 saturated carbocycles. The van der Waals surface area contributed by atoms with Gasteiger partial charge in [-0.2, -0.15) is 5.10 Å². The Bertz CT molecular complexity index is 907. The molecule has 2 aromatic heterocycles. The average molecular weight is 359 g/mol. The van der Waals surface area contributed by atoms with Crippen molar-refractivity contribution in [2.75, 3.05) is 12.4 Å². The van der Waals surface area contributed by atoms with E-state index in [0.29, 0.717) is 23.9 Å². The maximum Gasteiger partial charge on any atom is 0.344 e. The van der Waals surface area contributed by atoms with E-state index < -0.39 is 10.9 Å². The number of aromatic nitrogens is 3. The number of hydrogen-bond donors (Lipinski definition) is 2. The van der Waals surface area contributed by atoms with E-state index in [4.69, 9.17) is 0 Å². The summed E-state index contributed by atoms with van der Waals surface area (Å²) in [6.07, 6.45) is 0. The van der Waals surface area contributed by atoms with Crippen molar-refractivity contribution in [3.63, 3.8) is 0 Å². The largest absolute Gasteiger partial charge is 0.465 e. The SMILES string of the molecule is COC(=O)c1cc(NCc2nc(-c3cccs3)n[nH]2)ccc1[N+](=O)[O-]. The van der Waals surface area contributed by atoms with E-state index in [1.54, 1.807) is 0 Å². The highest BCUT2D eigenvalue weighted by atomic mass is 32.1. The summed E-state index contributed by atoms with van der Waals surface area (Å²) < 4.78 is 4.59. The van der Waals surface area contributed by atoms with Crippen LogP contribution in [0.1, 0.15) is 16.2 Å². The highest BCUT2D eigenvalue weighted by molar-refractivity contribution is 7.13. The van der Waals surface area contributed by atoms with Gasteiger partial charge < -0.3 is 10.1 Å². The van der Waals surface area contributed by atoms with Gasteiger partial charge in [0.15, 0.2) is 5.82 Å². The Morgan fingerprint density at radius 2 is 2.28 bits per heavy atom. The standard InChI is InChI=1S/C15H13N5O4S/c1-24-15(21)10-7-9(4-5-11(10)20(22)23)16-8-13-17-14(19-18-13)12-3-2-6-25-12/h2-7,16H,8H2,1H3,(H,17,18,19). The Kier molecular flexibility index (Phi) is 4.70. The third-order valence-corrected chi connectivity index (χ3v) is 4.20.